The van der Waals surface area contributed by atoms with Gasteiger partial charge in [-0.1, -0.05) is 50.6 Å². The van der Waals surface area contributed by atoms with E-state index in [1.807, 2.05) is 19.1 Å². The minimum Gasteiger partial charge on any atom is -0.393 e. The van der Waals surface area contributed by atoms with E-state index in [-0.39, 0.29) is 36.2 Å². The van der Waals surface area contributed by atoms with Crippen molar-refractivity contribution in [2.75, 3.05) is 0 Å². The average molecular weight is 623 g/mol. The highest BCUT2D eigenvalue weighted by Gasteiger charge is 2.69. The summed E-state index contributed by atoms with van der Waals surface area (Å²) in [6.45, 7) is 11.4. The SMILES string of the molecule is C=C1C(=CC=C2CCC[C@@]3(C)C2CC[C@@H]3[C@](C)(CC=CC(O)(C(F)(F)F)C(F)(F)F)CCCC(C)(C)O)CC(O)C[C@@H]1O. The minimum absolute atomic E-state index is 0.0223. The van der Waals surface area contributed by atoms with Gasteiger partial charge in [0.05, 0.1) is 17.8 Å². The summed E-state index contributed by atoms with van der Waals surface area (Å²) in [6.07, 6.45) is -2.44. The summed E-state index contributed by atoms with van der Waals surface area (Å²) in [5.74, 6) is 0.139. The summed E-state index contributed by atoms with van der Waals surface area (Å²) in [5, 5.41) is 40.3. The van der Waals surface area contributed by atoms with E-state index < -0.39 is 41.2 Å². The Morgan fingerprint density at radius 2 is 1.58 bits per heavy atom. The van der Waals surface area contributed by atoms with Crippen LogP contribution in [0.25, 0.3) is 0 Å². The monoisotopic (exact) mass is 622 g/mol. The first-order valence-electron chi connectivity index (χ1n) is 15.2. The van der Waals surface area contributed by atoms with Gasteiger partial charge in [0.15, 0.2) is 0 Å². The predicted octanol–water partition coefficient (Wildman–Crippen LogP) is 7.88. The molecule has 3 saturated carbocycles. The topological polar surface area (TPSA) is 80.9 Å². The Bertz CT molecular complexity index is 1080. The van der Waals surface area contributed by atoms with Crippen molar-refractivity contribution in [1.82, 2.24) is 0 Å². The maximum absolute atomic E-state index is 13.4. The van der Waals surface area contributed by atoms with Crippen LogP contribution >= 0.6 is 0 Å². The Morgan fingerprint density at radius 3 is 2.16 bits per heavy atom. The molecule has 3 aliphatic carbocycles. The number of halogens is 6. The fourth-order valence-electron chi connectivity index (χ4n) is 8.04. The zero-order valence-electron chi connectivity index (χ0n) is 25.7. The molecule has 0 heterocycles. The Morgan fingerprint density at radius 1 is 0.953 bits per heavy atom. The lowest BCUT2D eigenvalue weighted by molar-refractivity contribution is -0.347. The van der Waals surface area contributed by atoms with Gasteiger partial charge >= 0.3 is 12.4 Å². The number of aliphatic hydroxyl groups is 4. The molecule has 3 rings (SSSR count). The lowest BCUT2D eigenvalue weighted by Gasteiger charge is -2.49. The second-order valence-electron chi connectivity index (χ2n) is 14.3. The smallest absolute Gasteiger partial charge is 0.393 e. The summed E-state index contributed by atoms with van der Waals surface area (Å²) >= 11 is 0. The summed E-state index contributed by atoms with van der Waals surface area (Å²) in [5.41, 5.74) is -4.25. The first-order valence-corrected chi connectivity index (χ1v) is 15.2. The first-order chi connectivity index (χ1) is 19.5. The highest BCUT2D eigenvalue weighted by Crippen LogP contribution is 2.64. The lowest BCUT2D eigenvalue weighted by Crippen LogP contribution is -2.55. The lowest BCUT2D eigenvalue weighted by atomic mass is 9.55. The summed E-state index contributed by atoms with van der Waals surface area (Å²) in [4.78, 5) is 0. The molecule has 43 heavy (non-hydrogen) atoms. The maximum atomic E-state index is 13.4. The fourth-order valence-corrected chi connectivity index (χ4v) is 8.04. The van der Waals surface area contributed by atoms with Crippen LogP contribution in [0.5, 0.6) is 0 Å². The van der Waals surface area contributed by atoms with Crippen molar-refractivity contribution < 1.29 is 46.8 Å². The number of hydrogen-bond acceptors (Lipinski definition) is 4. The second kappa shape index (κ2) is 12.6. The standard InChI is InChI=1S/C33H48F6O4/c1-21-23(19-24(40)20-26(21)41)11-10-22-9-6-17-30(5)25(22)12-13-27(30)29(4,15-7-14-28(2,3)42)16-8-18-31(43,32(34,35)36)33(37,38)39/h8,10-11,18,24-27,40-43H,1,6-7,9,12-17,19-20H2,2-5H3/t24?,25?,26-,27+,29-,30-/m0/s1. The molecule has 246 valence electrons. The number of fused-ring (bicyclic) bond motifs is 1. The molecule has 0 aliphatic heterocycles. The van der Waals surface area contributed by atoms with Crippen molar-refractivity contribution in [2.45, 2.75) is 134 Å². The van der Waals surface area contributed by atoms with Crippen molar-refractivity contribution in [3.8, 4) is 0 Å². The van der Waals surface area contributed by atoms with Crippen molar-refractivity contribution >= 4 is 0 Å². The third-order valence-electron chi connectivity index (χ3n) is 10.4. The molecular weight excluding hydrogens is 574 g/mol. The molecule has 4 nitrogen and oxygen atoms in total. The quantitative estimate of drug-likeness (QED) is 0.156. The van der Waals surface area contributed by atoms with Crippen LogP contribution in [0.4, 0.5) is 26.3 Å². The van der Waals surface area contributed by atoms with Crippen LogP contribution in [0.15, 0.2) is 47.6 Å². The van der Waals surface area contributed by atoms with Crippen molar-refractivity contribution in [2.24, 2.45) is 22.7 Å². The molecule has 0 bridgehead atoms. The molecule has 0 aromatic heterocycles. The molecule has 0 spiro atoms. The van der Waals surface area contributed by atoms with E-state index in [2.05, 4.69) is 13.5 Å². The molecule has 0 amide bonds. The highest BCUT2D eigenvalue weighted by molar-refractivity contribution is 5.38. The van der Waals surface area contributed by atoms with Crippen LogP contribution in [0, 0.1) is 22.7 Å². The Balaban J connectivity index is 1.93. The number of aliphatic hydroxyl groups excluding tert-OH is 2. The van der Waals surface area contributed by atoms with Crippen molar-refractivity contribution in [1.29, 1.82) is 0 Å². The summed E-state index contributed by atoms with van der Waals surface area (Å²) in [7, 11) is 0. The van der Waals surface area contributed by atoms with E-state index in [4.69, 9.17) is 0 Å². The molecular formula is C33H48F6O4. The molecule has 0 radical (unpaired) electrons. The largest absolute Gasteiger partial charge is 0.429 e. The molecule has 0 saturated heterocycles. The van der Waals surface area contributed by atoms with Gasteiger partial charge in [-0.15, -0.1) is 0 Å². The average Bonchev–Trinajstić information content (AvgIpc) is 3.21. The van der Waals surface area contributed by atoms with Gasteiger partial charge < -0.3 is 20.4 Å². The van der Waals surface area contributed by atoms with Crippen LogP contribution < -0.4 is 0 Å². The van der Waals surface area contributed by atoms with E-state index in [1.165, 1.54) is 5.57 Å². The number of hydrogen-bond donors (Lipinski definition) is 4. The third kappa shape index (κ3) is 7.79. The van der Waals surface area contributed by atoms with E-state index in [0.717, 1.165) is 43.8 Å². The van der Waals surface area contributed by atoms with Crippen LogP contribution in [-0.4, -0.2) is 56.2 Å². The third-order valence-corrected chi connectivity index (χ3v) is 10.4. The molecule has 6 atom stereocenters. The zero-order chi connectivity index (χ0) is 32.6. The summed E-state index contributed by atoms with van der Waals surface area (Å²) < 4.78 is 80.2. The van der Waals surface area contributed by atoms with Gasteiger partial charge in [0, 0.05) is 6.42 Å². The van der Waals surface area contributed by atoms with Crippen LogP contribution in [-0.2, 0) is 0 Å². The summed E-state index contributed by atoms with van der Waals surface area (Å²) in [6, 6.07) is 0. The Labute approximate surface area is 251 Å². The zero-order valence-corrected chi connectivity index (χ0v) is 25.7. The fraction of sp³-hybridized carbons (Fsp3) is 0.758. The van der Waals surface area contributed by atoms with Crippen LogP contribution in [0.3, 0.4) is 0 Å². The Kier molecular flexibility index (Phi) is 10.5. The van der Waals surface area contributed by atoms with Gasteiger partial charge in [-0.2, -0.15) is 26.3 Å². The predicted molar refractivity (Wildman–Crippen MR) is 154 cm³/mol. The van der Waals surface area contributed by atoms with E-state index >= 15 is 0 Å². The molecule has 4 N–H and O–H groups in total. The highest BCUT2D eigenvalue weighted by atomic mass is 19.4. The molecule has 10 heteroatoms. The number of rotatable bonds is 9. The normalized spacial score (nSPS) is 32.9. The van der Waals surface area contributed by atoms with Gasteiger partial charge in [-0.25, -0.2) is 0 Å². The molecule has 3 aliphatic rings. The van der Waals surface area contributed by atoms with E-state index in [9.17, 15) is 46.8 Å². The van der Waals surface area contributed by atoms with Gasteiger partial charge in [0.1, 0.15) is 0 Å². The second-order valence-corrected chi connectivity index (χ2v) is 14.3. The van der Waals surface area contributed by atoms with Crippen LogP contribution in [0.2, 0.25) is 0 Å². The van der Waals surface area contributed by atoms with Crippen LogP contribution in [0.1, 0.15) is 98.3 Å². The van der Waals surface area contributed by atoms with Crippen molar-refractivity contribution in [3.63, 3.8) is 0 Å². The van der Waals surface area contributed by atoms with Gasteiger partial charge in [-0.3, -0.25) is 0 Å². The molecule has 0 aromatic carbocycles. The maximum Gasteiger partial charge on any atom is 0.429 e. The van der Waals surface area contributed by atoms with E-state index in [0.29, 0.717) is 31.3 Å². The van der Waals surface area contributed by atoms with Gasteiger partial charge in [0.2, 0.25) is 0 Å². The van der Waals surface area contributed by atoms with Gasteiger partial charge in [0.25, 0.3) is 5.60 Å². The van der Waals surface area contributed by atoms with Gasteiger partial charge in [-0.05, 0) is 112 Å². The van der Waals surface area contributed by atoms with E-state index in [1.54, 1.807) is 13.8 Å². The molecule has 2 unspecified atom stereocenters. The molecule has 3 fully saturated rings. The molecule has 0 aromatic rings. The number of alkyl halides is 6. The number of allylic oxidation sites excluding steroid dienone is 4. The first kappa shape index (κ1) is 35.9. The van der Waals surface area contributed by atoms with Crippen molar-refractivity contribution in [3.05, 3.63) is 47.6 Å². The minimum atomic E-state index is -5.92. The Hall–Kier alpha value is -1.62.